The minimum absolute atomic E-state index is 0.000340. The summed E-state index contributed by atoms with van der Waals surface area (Å²) in [6.07, 6.45) is -3.51. The Morgan fingerprint density at radius 2 is 1.07 bits per heavy atom. The Morgan fingerprint density at radius 3 is 1.52 bits per heavy atom. The van der Waals surface area contributed by atoms with Crippen molar-refractivity contribution in [1.82, 2.24) is 26.6 Å². The summed E-state index contributed by atoms with van der Waals surface area (Å²) in [5.41, 5.74) is 0. The minimum atomic E-state index is -1.43. The highest BCUT2D eigenvalue weighted by Crippen LogP contribution is 2.15. The first-order valence-electron chi connectivity index (χ1n) is 15.9. The Hall–Kier alpha value is -3.30. The van der Waals surface area contributed by atoms with E-state index in [1.807, 2.05) is 13.8 Å². The van der Waals surface area contributed by atoms with Crippen LogP contribution < -0.4 is 26.6 Å². The molecule has 46 heavy (non-hydrogen) atoms. The van der Waals surface area contributed by atoms with Gasteiger partial charge in [0.2, 0.25) is 29.5 Å². The number of aliphatic hydroxyl groups excluding tert-OH is 3. The molecule has 0 fully saturated rings. The van der Waals surface area contributed by atoms with Crippen LogP contribution in [0.25, 0.3) is 0 Å². The second-order valence-electron chi connectivity index (χ2n) is 13.3. The largest absolute Gasteiger partial charge is 0.481 e. The first-order valence-corrected chi connectivity index (χ1v) is 15.9. The first-order chi connectivity index (χ1) is 21.2. The summed E-state index contributed by atoms with van der Waals surface area (Å²) in [4.78, 5) is 74.6. The molecule has 0 aromatic carbocycles. The van der Waals surface area contributed by atoms with Crippen LogP contribution in [0.15, 0.2) is 0 Å². The monoisotopic (exact) mass is 659 g/mol. The van der Waals surface area contributed by atoms with Gasteiger partial charge in [-0.3, -0.25) is 28.8 Å². The topological polar surface area (TPSA) is 243 Å². The van der Waals surface area contributed by atoms with E-state index in [0.717, 1.165) is 0 Å². The van der Waals surface area contributed by atoms with Crippen molar-refractivity contribution in [2.24, 2.45) is 23.7 Å². The number of rotatable bonds is 21. The molecular weight excluding hydrogens is 602 g/mol. The molecule has 9 N–H and O–H groups in total. The number of amides is 5. The molecule has 0 aromatic heterocycles. The molecule has 0 aromatic rings. The average Bonchev–Trinajstić information content (AvgIpc) is 2.92. The molecule has 0 rings (SSSR count). The van der Waals surface area contributed by atoms with Crippen LogP contribution in [0.2, 0.25) is 0 Å². The fraction of sp³-hybridized carbons (Fsp3) is 0.806. The molecule has 8 atom stereocenters. The van der Waals surface area contributed by atoms with Crippen LogP contribution in [0.3, 0.4) is 0 Å². The van der Waals surface area contributed by atoms with E-state index in [1.54, 1.807) is 34.6 Å². The minimum Gasteiger partial charge on any atom is -0.481 e. The molecule has 0 aliphatic rings. The van der Waals surface area contributed by atoms with Gasteiger partial charge in [0.15, 0.2) is 0 Å². The molecule has 0 saturated carbocycles. The Morgan fingerprint density at radius 1 is 0.609 bits per heavy atom. The van der Waals surface area contributed by atoms with Crippen molar-refractivity contribution in [3.05, 3.63) is 0 Å². The summed E-state index contributed by atoms with van der Waals surface area (Å²) in [5.74, 6) is -5.12. The van der Waals surface area contributed by atoms with E-state index in [2.05, 4.69) is 26.6 Å². The molecular formula is C31H57N5O10. The predicted octanol–water partition coefficient (Wildman–Crippen LogP) is -0.587. The highest BCUT2D eigenvalue weighted by Gasteiger charge is 2.33. The van der Waals surface area contributed by atoms with E-state index in [-0.39, 0.29) is 36.7 Å². The molecule has 0 heterocycles. The normalized spacial score (nSPS) is 16.8. The molecule has 0 aliphatic carbocycles. The van der Waals surface area contributed by atoms with Crippen molar-refractivity contribution >= 4 is 35.5 Å². The van der Waals surface area contributed by atoms with Gasteiger partial charge in [-0.1, -0.05) is 48.5 Å². The molecule has 0 spiro atoms. The van der Waals surface area contributed by atoms with Gasteiger partial charge in [-0.2, -0.15) is 0 Å². The third-order valence-electron chi connectivity index (χ3n) is 7.38. The Balaban J connectivity index is 5.57. The van der Waals surface area contributed by atoms with E-state index in [9.17, 15) is 44.1 Å². The highest BCUT2D eigenvalue weighted by atomic mass is 16.4. The smallest absolute Gasteiger partial charge is 0.306 e. The lowest BCUT2D eigenvalue weighted by Crippen LogP contribution is -2.59. The molecule has 15 heteroatoms. The standard InChI is InChI=1S/C31H57N5O10/c1-15(2)10-21(35-30(45)28(17(5)6)36-31(46)27(16(3)4)33-20(9)38)23(39)12-25(41)32-19(8)29(44)34-22(11-18(7)14-37)24(40)13-26(42)43/h15-19,21-24,27-28,37,39-40H,10-14H2,1-9H3,(H,32,41)(H,33,38)(H,34,44)(H,35,45)(H,36,46)(H,42,43)/t18-,19+,21+,22+,23-,24-,27-,28-/m1/s1. The molecule has 0 aliphatic heterocycles. The van der Waals surface area contributed by atoms with Crippen molar-refractivity contribution in [2.75, 3.05) is 6.61 Å². The van der Waals surface area contributed by atoms with Crippen LogP contribution in [0.5, 0.6) is 0 Å². The van der Waals surface area contributed by atoms with Gasteiger partial charge in [0.05, 0.1) is 37.1 Å². The Labute approximate surface area is 272 Å². The number of aliphatic carboxylic acids is 1. The third kappa shape index (κ3) is 16.3. The summed E-state index contributed by atoms with van der Waals surface area (Å²) < 4.78 is 0. The Bertz CT molecular complexity index is 1020. The van der Waals surface area contributed by atoms with Gasteiger partial charge in [0, 0.05) is 13.5 Å². The second-order valence-corrected chi connectivity index (χ2v) is 13.3. The lowest BCUT2D eigenvalue weighted by Gasteiger charge is -2.31. The maximum atomic E-state index is 13.4. The summed E-state index contributed by atoms with van der Waals surface area (Å²) in [7, 11) is 0. The van der Waals surface area contributed by atoms with E-state index in [1.165, 1.54) is 13.8 Å². The number of carboxylic acid groups (broad SMARTS) is 1. The van der Waals surface area contributed by atoms with Crippen LogP contribution in [0.4, 0.5) is 0 Å². The zero-order valence-corrected chi connectivity index (χ0v) is 28.6. The summed E-state index contributed by atoms with van der Waals surface area (Å²) >= 11 is 0. The summed E-state index contributed by atoms with van der Waals surface area (Å²) in [5, 5.41) is 52.7. The number of hydrogen-bond acceptors (Lipinski definition) is 9. The number of hydrogen-bond donors (Lipinski definition) is 9. The summed E-state index contributed by atoms with van der Waals surface area (Å²) in [6.45, 7) is 14.8. The van der Waals surface area contributed by atoms with E-state index < -0.39 is 90.8 Å². The third-order valence-corrected chi connectivity index (χ3v) is 7.38. The Kier molecular flexibility index (Phi) is 19.3. The van der Waals surface area contributed by atoms with Crippen LogP contribution >= 0.6 is 0 Å². The van der Waals surface area contributed by atoms with Gasteiger partial charge in [-0.05, 0) is 43.4 Å². The van der Waals surface area contributed by atoms with Crippen LogP contribution in [0.1, 0.15) is 88.0 Å². The van der Waals surface area contributed by atoms with Crippen LogP contribution in [-0.2, 0) is 28.8 Å². The van der Waals surface area contributed by atoms with Crippen LogP contribution in [0, 0.1) is 23.7 Å². The molecule has 15 nitrogen and oxygen atoms in total. The molecule has 0 radical (unpaired) electrons. The fourth-order valence-corrected chi connectivity index (χ4v) is 4.77. The van der Waals surface area contributed by atoms with Gasteiger partial charge in [-0.15, -0.1) is 0 Å². The number of carbonyl (C=O) groups excluding carboxylic acids is 5. The van der Waals surface area contributed by atoms with Crippen molar-refractivity contribution < 1.29 is 49.2 Å². The SMILES string of the molecule is CC(=O)N[C@@H](C(=O)N[C@@H](C(=O)N[C@@H](CC(C)C)[C@H](O)CC(=O)N[C@@H](C)C(=O)N[C@@H](C[C@@H](C)CO)[C@H](O)CC(=O)O)C(C)C)C(C)C. The molecule has 266 valence electrons. The lowest BCUT2D eigenvalue weighted by molar-refractivity contribution is -0.140. The maximum absolute atomic E-state index is 13.4. The zero-order valence-electron chi connectivity index (χ0n) is 28.6. The number of carboxylic acids is 1. The predicted molar refractivity (Wildman–Crippen MR) is 170 cm³/mol. The quantitative estimate of drug-likeness (QED) is 0.0758. The molecule has 5 amide bonds. The number of carbonyl (C=O) groups is 6. The van der Waals surface area contributed by atoms with Gasteiger partial charge in [0.25, 0.3) is 0 Å². The molecule has 0 unspecified atom stereocenters. The van der Waals surface area contributed by atoms with Crippen molar-refractivity contribution in [1.29, 1.82) is 0 Å². The fourth-order valence-electron chi connectivity index (χ4n) is 4.77. The van der Waals surface area contributed by atoms with E-state index in [0.29, 0.717) is 6.42 Å². The van der Waals surface area contributed by atoms with Crippen molar-refractivity contribution in [3.8, 4) is 0 Å². The molecule has 0 saturated heterocycles. The lowest BCUT2D eigenvalue weighted by atomic mass is 9.95. The van der Waals surface area contributed by atoms with Gasteiger partial charge in [0.1, 0.15) is 18.1 Å². The molecule has 0 bridgehead atoms. The van der Waals surface area contributed by atoms with Gasteiger partial charge < -0.3 is 47.0 Å². The zero-order chi connectivity index (χ0) is 35.9. The number of nitrogens with one attached hydrogen (secondary N) is 5. The van der Waals surface area contributed by atoms with Crippen molar-refractivity contribution in [3.63, 3.8) is 0 Å². The average molecular weight is 660 g/mol. The summed E-state index contributed by atoms with van der Waals surface area (Å²) in [6, 6.07) is -4.86. The maximum Gasteiger partial charge on any atom is 0.306 e. The van der Waals surface area contributed by atoms with E-state index in [4.69, 9.17) is 5.11 Å². The first kappa shape index (κ1) is 42.7. The van der Waals surface area contributed by atoms with E-state index >= 15 is 0 Å². The number of aliphatic hydroxyl groups is 3. The van der Waals surface area contributed by atoms with Gasteiger partial charge >= 0.3 is 5.97 Å². The van der Waals surface area contributed by atoms with Crippen molar-refractivity contribution in [2.45, 2.75) is 130 Å². The highest BCUT2D eigenvalue weighted by molar-refractivity contribution is 5.92. The van der Waals surface area contributed by atoms with Crippen LogP contribution in [-0.4, -0.2) is 105 Å². The van der Waals surface area contributed by atoms with Gasteiger partial charge in [-0.25, -0.2) is 0 Å². The second kappa shape index (κ2) is 20.7.